The lowest BCUT2D eigenvalue weighted by Crippen LogP contribution is -2.48. The number of hydrogen-bond donors (Lipinski definition) is 3. The maximum atomic E-state index is 12.4. The van der Waals surface area contributed by atoms with E-state index in [1.165, 1.54) is 0 Å². The fraction of sp³-hybridized carbons (Fsp3) is 0.600. The molecule has 1 fully saturated rings. The molecule has 2 atom stereocenters. The fourth-order valence-electron chi connectivity index (χ4n) is 2.45. The molecule has 0 aliphatic carbocycles. The highest BCUT2D eigenvalue weighted by Crippen LogP contribution is 2.15. The number of amides is 1. The van der Waals surface area contributed by atoms with Gasteiger partial charge in [-0.05, 0) is 51.4 Å². The number of rotatable bonds is 4. The molecule has 5 nitrogen and oxygen atoms in total. The van der Waals surface area contributed by atoms with E-state index in [9.17, 15) is 4.79 Å². The minimum Gasteiger partial charge on any atom is -0.367 e. The molecule has 0 radical (unpaired) electrons. The van der Waals surface area contributed by atoms with Crippen LogP contribution in [0.5, 0.6) is 0 Å². The maximum absolute atomic E-state index is 12.4. The summed E-state index contributed by atoms with van der Waals surface area (Å²) in [6.07, 6.45) is 2.68. The number of hydrogen-bond acceptors (Lipinski definition) is 4. The minimum atomic E-state index is -0.0417. The molecule has 2 unspecified atom stereocenters. The molecule has 7 heteroatoms. The Hall–Kier alpha value is -1.04. The second-order valence-corrected chi connectivity index (χ2v) is 5.75. The molecule has 0 bridgehead atoms. The van der Waals surface area contributed by atoms with Crippen LogP contribution in [0.4, 0.5) is 5.82 Å². The monoisotopic (exact) mass is 348 g/mol. The van der Waals surface area contributed by atoms with Gasteiger partial charge in [0.2, 0.25) is 0 Å². The molecule has 3 N–H and O–H groups in total. The number of pyridine rings is 1. The van der Waals surface area contributed by atoms with E-state index >= 15 is 0 Å². The van der Waals surface area contributed by atoms with Gasteiger partial charge in [-0.2, -0.15) is 0 Å². The summed E-state index contributed by atoms with van der Waals surface area (Å²) in [5.74, 6) is 1.06. The summed E-state index contributed by atoms with van der Waals surface area (Å²) in [6.45, 7) is 8.14. The quantitative estimate of drug-likeness (QED) is 0.781. The Morgan fingerprint density at radius 2 is 2.14 bits per heavy atom. The molecule has 1 aromatic rings. The second kappa shape index (κ2) is 9.87. The van der Waals surface area contributed by atoms with Crippen molar-refractivity contribution in [3.05, 3.63) is 23.9 Å². The van der Waals surface area contributed by atoms with Crippen molar-refractivity contribution in [3.63, 3.8) is 0 Å². The molecule has 1 aliphatic heterocycles. The van der Waals surface area contributed by atoms with E-state index in [4.69, 9.17) is 0 Å². The van der Waals surface area contributed by atoms with Crippen LogP contribution in [-0.4, -0.2) is 36.1 Å². The first kappa shape index (κ1) is 21.0. The lowest BCUT2D eigenvalue weighted by Gasteiger charge is -2.30. The minimum absolute atomic E-state index is 0. The molecule has 2 rings (SSSR count). The van der Waals surface area contributed by atoms with E-state index in [0.717, 1.165) is 19.5 Å². The van der Waals surface area contributed by atoms with Gasteiger partial charge in [-0.25, -0.2) is 4.98 Å². The molecule has 0 spiro atoms. The van der Waals surface area contributed by atoms with Gasteiger partial charge in [0.05, 0.1) is 5.56 Å². The van der Waals surface area contributed by atoms with Gasteiger partial charge < -0.3 is 16.0 Å². The molecule has 1 aliphatic rings. The van der Waals surface area contributed by atoms with E-state index < -0.39 is 0 Å². The van der Waals surface area contributed by atoms with Gasteiger partial charge in [0.25, 0.3) is 5.91 Å². The zero-order valence-corrected chi connectivity index (χ0v) is 14.9. The van der Waals surface area contributed by atoms with Gasteiger partial charge >= 0.3 is 0 Å². The number of carbonyl (C=O) groups is 1. The van der Waals surface area contributed by atoms with Crippen molar-refractivity contribution in [3.8, 4) is 0 Å². The van der Waals surface area contributed by atoms with Crippen LogP contribution in [0.15, 0.2) is 18.3 Å². The number of halogens is 2. The van der Waals surface area contributed by atoms with E-state index in [1.807, 2.05) is 19.9 Å². The van der Waals surface area contributed by atoms with Crippen molar-refractivity contribution in [2.45, 2.75) is 39.3 Å². The van der Waals surface area contributed by atoms with Crippen molar-refractivity contribution in [2.24, 2.45) is 5.92 Å². The maximum Gasteiger partial charge on any atom is 0.255 e. The lowest BCUT2D eigenvalue weighted by atomic mass is 9.95. The van der Waals surface area contributed by atoms with E-state index in [-0.39, 0.29) is 42.8 Å². The summed E-state index contributed by atoms with van der Waals surface area (Å²) in [5, 5.41) is 9.70. The van der Waals surface area contributed by atoms with Crippen molar-refractivity contribution >= 4 is 36.5 Å². The summed E-state index contributed by atoms with van der Waals surface area (Å²) in [4.78, 5) is 16.7. The standard InChI is InChI=1S/C15H24N4O.2ClH/c1-10(2)18-14-12(5-4-7-17-14)15(20)19-13-6-8-16-9-11(13)3;;/h4-5,7,10-11,13,16H,6,8-9H2,1-3H3,(H,17,18)(H,19,20);2*1H. The second-order valence-electron chi connectivity index (χ2n) is 5.75. The molecule has 2 heterocycles. The first-order valence-electron chi connectivity index (χ1n) is 7.31. The van der Waals surface area contributed by atoms with Crippen LogP contribution in [0.3, 0.4) is 0 Å². The molecule has 22 heavy (non-hydrogen) atoms. The van der Waals surface area contributed by atoms with Crippen molar-refractivity contribution < 1.29 is 4.79 Å². The Kier molecular flexibility index (Phi) is 9.41. The Morgan fingerprint density at radius 1 is 1.41 bits per heavy atom. The van der Waals surface area contributed by atoms with E-state index in [2.05, 4.69) is 27.9 Å². The average molecular weight is 349 g/mol. The molecule has 126 valence electrons. The predicted molar refractivity (Wildman–Crippen MR) is 95.4 cm³/mol. The summed E-state index contributed by atoms with van der Waals surface area (Å²) in [7, 11) is 0. The number of nitrogens with one attached hydrogen (secondary N) is 3. The molecule has 0 aromatic carbocycles. The van der Waals surface area contributed by atoms with Gasteiger partial charge in [-0.15, -0.1) is 24.8 Å². The van der Waals surface area contributed by atoms with Gasteiger partial charge in [0.1, 0.15) is 5.82 Å². The first-order valence-corrected chi connectivity index (χ1v) is 7.31. The molecule has 1 saturated heterocycles. The van der Waals surface area contributed by atoms with Crippen LogP contribution >= 0.6 is 24.8 Å². The molecule has 0 saturated carbocycles. The van der Waals surface area contributed by atoms with Gasteiger partial charge in [-0.1, -0.05) is 6.92 Å². The Labute approximate surface area is 144 Å². The highest BCUT2D eigenvalue weighted by Gasteiger charge is 2.24. The Morgan fingerprint density at radius 3 is 2.77 bits per heavy atom. The third kappa shape index (κ3) is 5.63. The number of anilines is 1. The summed E-state index contributed by atoms with van der Waals surface area (Å²) < 4.78 is 0. The van der Waals surface area contributed by atoms with Gasteiger partial charge in [-0.3, -0.25) is 4.79 Å². The van der Waals surface area contributed by atoms with Crippen molar-refractivity contribution in [1.82, 2.24) is 15.6 Å². The zero-order valence-electron chi connectivity index (χ0n) is 13.3. The molecule has 1 aromatic heterocycles. The summed E-state index contributed by atoms with van der Waals surface area (Å²) in [5.41, 5.74) is 0.618. The first-order chi connectivity index (χ1) is 9.58. The van der Waals surface area contributed by atoms with E-state index in [0.29, 0.717) is 17.3 Å². The van der Waals surface area contributed by atoms with Crippen LogP contribution in [0.1, 0.15) is 37.6 Å². The average Bonchev–Trinajstić information content (AvgIpc) is 2.41. The number of nitrogens with zero attached hydrogens (tertiary/aromatic N) is 1. The van der Waals surface area contributed by atoms with Crippen molar-refractivity contribution in [1.29, 1.82) is 0 Å². The van der Waals surface area contributed by atoms with Crippen LogP contribution in [-0.2, 0) is 0 Å². The summed E-state index contributed by atoms with van der Waals surface area (Å²) in [6, 6.07) is 4.09. The van der Waals surface area contributed by atoms with E-state index in [1.54, 1.807) is 12.3 Å². The topological polar surface area (TPSA) is 66.0 Å². The van der Waals surface area contributed by atoms with Crippen molar-refractivity contribution in [2.75, 3.05) is 18.4 Å². The van der Waals surface area contributed by atoms with Crippen LogP contribution < -0.4 is 16.0 Å². The van der Waals surface area contributed by atoms with Gasteiger partial charge in [0, 0.05) is 18.3 Å². The molecular weight excluding hydrogens is 323 g/mol. The summed E-state index contributed by atoms with van der Waals surface area (Å²) >= 11 is 0. The number of piperidine rings is 1. The highest BCUT2D eigenvalue weighted by molar-refractivity contribution is 5.98. The zero-order chi connectivity index (χ0) is 14.5. The lowest BCUT2D eigenvalue weighted by molar-refractivity contribution is 0.0914. The molecular formula is C15H26Cl2N4O. The van der Waals surface area contributed by atoms with Gasteiger partial charge in [0.15, 0.2) is 0 Å². The third-order valence-corrected chi connectivity index (χ3v) is 3.58. The normalized spacial score (nSPS) is 20.5. The smallest absolute Gasteiger partial charge is 0.255 e. The SMILES string of the molecule is CC(C)Nc1ncccc1C(=O)NC1CCNCC1C.Cl.Cl. The third-order valence-electron chi connectivity index (χ3n) is 3.58. The fourth-order valence-corrected chi connectivity index (χ4v) is 2.45. The highest BCUT2D eigenvalue weighted by atomic mass is 35.5. The predicted octanol–water partition coefficient (Wildman–Crippen LogP) is 2.47. The Balaban J connectivity index is 0.00000220. The molecule has 1 amide bonds. The number of aromatic nitrogens is 1. The van der Waals surface area contributed by atoms with Crippen LogP contribution in [0.25, 0.3) is 0 Å². The van der Waals surface area contributed by atoms with Crippen LogP contribution in [0.2, 0.25) is 0 Å². The Bertz CT molecular complexity index is 471. The number of carbonyl (C=O) groups excluding carboxylic acids is 1. The largest absolute Gasteiger partial charge is 0.367 e. The van der Waals surface area contributed by atoms with Crippen LogP contribution in [0, 0.1) is 5.92 Å².